The Bertz CT molecular complexity index is 416. The van der Waals surface area contributed by atoms with Gasteiger partial charge < -0.3 is 14.7 Å². The number of hydrogen-bond acceptors (Lipinski definition) is 3. The van der Waals surface area contributed by atoms with Crippen molar-refractivity contribution in [2.75, 3.05) is 13.1 Å². The van der Waals surface area contributed by atoms with Gasteiger partial charge in [0.1, 0.15) is 5.60 Å². The molecule has 20 heavy (non-hydrogen) atoms. The zero-order chi connectivity index (χ0) is 15.9. The molecule has 0 bridgehead atoms. The van der Waals surface area contributed by atoms with Gasteiger partial charge in [-0.25, -0.2) is 4.79 Å². The van der Waals surface area contributed by atoms with Crippen LogP contribution in [0.15, 0.2) is 0 Å². The third kappa shape index (κ3) is 2.83. The minimum absolute atomic E-state index is 0.305. The van der Waals surface area contributed by atoms with E-state index in [2.05, 4.69) is 0 Å². The number of aliphatic carboxylic acids is 1. The molecule has 116 valence electrons. The van der Waals surface area contributed by atoms with Gasteiger partial charge in [0.05, 0.1) is 0 Å². The maximum Gasteiger partial charge on any atom is 0.410 e. The molecule has 0 aromatic rings. The summed E-state index contributed by atoms with van der Waals surface area (Å²) in [5.41, 5.74) is -3.79. The molecular formula is C12H18F3NO4. The quantitative estimate of drug-likeness (QED) is 0.807. The van der Waals surface area contributed by atoms with Crippen LogP contribution in [0.2, 0.25) is 0 Å². The standard InChI is InChI=1S/C12H18F3NO4/c1-7-5-16(9(19)20-10(2,3)4)6-11(7,8(17)18)12(13,14)15/h7H,5-6H2,1-4H3,(H,17,18). The molecular weight excluding hydrogens is 279 g/mol. The SMILES string of the molecule is CC1CN(C(=O)OC(C)(C)C)CC1(C(=O)O)C(F)(F)F. The van der Waals surface area contributed by atoms with Gasteiger partial charge in [0.2, 0.25) is 0 Å². The van der Waals surface area contributed by atoms with E-state index >= 15 is 0 Å². The molecule has 1 aliphatic rings. The van der Waals surface area contributed by atoms with Crippen molar-refractivity contribution < 1.29 is 32.6 Å². The van der Waals surface area contributed by atoms with Gasteiger partial charge in [0, 0.05) is 19.0 Å². The Kier molecular flexibility index (Phi) is 4.00. The van der Waals surface area contributed by atoms with Crippen LogP contribution in [0.5, 0.6) is 0 Å². The summed E-state index contributed by atoms with van der Waals surface area (Å²) in [6, 6.07) is 0. The van der Waals surface area contributed by atoms with E-state index in [-0.39, 0.29) is 6.54 Å². The predicted octanol–water partition coefficient (Wildman–Crippen LogP) is 2.51. The van der Waals surface area contributed by atoms with Crippen molar-refractivity contribution >= 4 is 12.1 Å². The second-order valence-corrected chi connectivity index (χ2v) is 6.04. The minimum atomic E-state index is -4.94. The summed E-state index contributed by atoms with van der Waals surface area (Å²) in [5.74, 6) is -3.21. The lowest BCUT2D eigenvalue weighted by molar-refractivity contribution is -0.236. The van der Waals surface area contributed by atoms with E-state index in [1.807, 2.05) is 0 Å². The van der Waals surface area contributed by atoms with Crippen molar-refractivity contribution in [2.24, 2.45) is 11.3 Å². The van der Waals surface area contributed by atoms with Crippen molar-refractivity contribution in [3.63, 3.8) is 0 Å². The Morgan fingerprint density at radius 2 is 1.80 bits per heavy atom. The zero-order valence-electron chi connectivity index (χ0n) is 11.7. The molecule has 8 heteroatoms. The maximum absolute atomic E-state index is 13.1. The first-order chi connectivity index (χ1) is 8.81. The highest BCUT2D eigenvalue weighted by Crippen LogP contribution is 2.49. The number of carbonyl (C=O) groups is 2. The molecule has 1 saturated heterocycles. The molecule has 2 atom stereocenters. The van der Waals surface area contributed by atoms with Gasteiger partial charge >= 0.3 is 18.2 Å². The topological polar surface area (TPSA) is 66.8 Å². The van der Waals surface area contributed by atoms with Gasteiger partial charge in [-0.15, -0.1) is 0 Å². The van der Waals surface area contributed by atoms with Crippen molar-refractivity contribution in [3.8, 4) is 0 Å². The number of carboxylic acids is 1. The minimum Gasteiger partial charge on any atom is -0.481 e. The third-order valence-electron chi connectivity index (χ3n) is 3.31. The number of amides is 1. The van der Waals surface area contributed by atoms with Crippen molar-refractivity contribution in [1.82, 2.24) is 4.90 Å². The highest BCUT2D eigenvalue weighted by atomic mass is 19.4. The molecule has 1 fully saturated rings. The number of hydrogen-bond donors (Lipinski definition) is 1. The number of carbonyl (C=O) groups excluding carboxylic acids is 1. The molecule has 0 aromatic carbocycles. The monoisotopic (exact) mass is 297 g/mol. The van der Waals surface area contributed by atoms with E-state index in [0.29, 0.717) is 0 Å². The molecule has 2 unspecified atom stereocenters. The molecule has 5 nitrogen and oxygen atoms in total. The summed E-state index contributed by atoms with van der Waals surface area (Å²) in [5, 5.41) is 9.00. The fourth-order valence-corrected chi connectivity index (χ4v) is 2.24. The number of carboxylic acid groups (broad SMARTS) is 1. The first-order valence-electron chi connectivity index (χ1n) is 6.09. The highest BCUT2D eigenvalue weighted by Gasteiger charge is 2.68. The van der Waals surface area contributed by atoms with Crippen LogP contribution in [-0.2, 0) is 9.53 Å². The van der Waals surface area contributed by atoms with Gasteiger partial charge in [0.15, 0.2) is 5.41 Å². The third-order valence-corrected chi connectivity index (χ3v) is 3.31. The fraction of sp³-hybridized carbons (Fsp3) is 0.833. The molecule has 1 aliphatic heterocycles. The van der Waals surface area contributed by atoms with Crippen LogP contribution in [0.1, 0.15) is 27.7 Å². The molecule has 0 aromatic heterocycles. The Hall–Kier alpha value is -1.47. The van der Waals surface area contributed by atoms with Crippen LogP contribution < -0.4 is 0 Å². The van der Waals surface area contributed by atoms with Crippen LogP contribution >= 0.6 is 0 Å². The Morgan fingerprint density at radius 3 is 2.10 bits per heavy atom. The second kappa shape index (κ2) is 4.82. The van der Waals surface area contributed by atoms with Crippen LogP contribution in [0.3, 0.4) is 0 Å². The van der Waals surface area contributed by atoms with Crippen LogP contribution in [0, 0.1) is 11.3 Å². The average Bonchev–Trinajstić information content (AvgIpc) is 2.53. The summed E-state index contributed by atoms with van der Waals surface area (Å²) in [6.45, 7) is 4.68. The Morgan fingerprint density at radius 1 is 1.30 bits per heavy atom. The second-order valence-electron chi connectivity index (χ2n) is 6.04. The molecule has 1 N–H and O–H groups in total. The highest BCUT2D eigenvalue weighted by molar-refractivity contribution is 5.79. The van der Waals surface area contributed by atoms with Gasteiger partial charge in [-0.05, 0) is 20.8 Å². The Labute approximate surface area is 114 Å². The maximum atomic E-state index is 13.1. The van der Waals surface area contributed by atoms with Gasteiger partial charge in [-0.1, -0.05) is 6.92 Å². The van der Waals surface area contributed by atoms with E-state index < -0.39 is 41.7 Å². The summed E-state index contributed by atoms with van der Waals surface area (Å²) in [6.07, 6.45) is -5.87. The van der Waals surface area contributed by atoms with Crippen molar-refractivity contribution in [2.45, 2.75) is 39.5 Å². The number of rotatable bonds is 1. The summed E-state index contributed by atoms with van der Waals surface area (Å²) in [7, 11) is 0. The zero-order valence-corrected chi connectivity index (χ0v) is 11.7. The lowest BCUT2D eigenvalue weighted by Gasteiger charge is -2.30. The molecule has 0 saturated carbocycles. The molecule has 0 spiro atoms. The number of nitrogens with zero attached hydrogens (tertiary/aromatic N) is 1. The molecule has 1 heterocycles. The molecule has 0 aliphatic carbocycles. The Balaban J connectivity index is 3.01. The summed E-state index contributed by atoms with van der Waals surface area (Å²) >= 11 is 0. The smallest absolute Gasteiger partial charge is 0.410 e. The van der Waals surface area contributed by atoms with Gasteiger partial charge in [-0.3, -0.25) is 4.79 Å². The summed E-state index contributed by atoms with van der Waals surface area (Å²) in [4.78, 5) is 23.7. The van der Waals surface area contributed by atoms with E-state index in [1.165, 1.54) is 6.92 Å². The number of ether oxygens (including phenoxy) is 1. The predicted molar refractivity (Wildman–Crippen MR) is 63.1 cm³/mol. The number of halogens is 3. The molecule has 1 amide bonds. The lowest BCUT2D eigenvalue weighted by Crippen LogP contribution is -2.51. The van der Waals surface area contributed by atoms with Gasteiger partial charge in [0.25, 0.3) is 0 Å². The fourth-order valence-electron chi connectivity index (χ4n) is 2.24. The van der Waals surface area contributed by atoms with Crippen molar-refractivity contribution in [3.05, 3.63) is 0 Å². The van der Waals surface area contributed by atoms with E-state index in [9.17, 15) is 22.8 Å². The van der Waals surface area contributed by atoms with Crippen LogP contribution in [-0.4, -0.2) is 46.9 Å². The largest absolute Gasteiger partial charge is 0.481 e. The van der Waals surface area contributed by atoms with Gasteiger partial charge in [-0.2, -0.15) is 13.2 Å². The van der Waals surface area contributed by atoms with Crippen LogP contribution in [0.25, 0.3) is 0 Å². The van der Waals surface area contributed by atoms with E-state index in [4.69, 9.17) is 9.84 Å². The summed E-state index contributed by atoms with van der Waals surface area (Å²) < 4.78 is 44.4. The number of alkyl halides is 3. The first-order valence-corrected chi connectivity index (χ1v) is 6.09. The molecule has 0 radical (unpaired) electrons. The van der Waals surface area contributed by atoms with Crippen LogP contribution in [0.4, 0.5) is 18.0 Å². The van der Waals surface area contributed by atoms with E-state index in [1.54, 1.807) is 20.8 Å². The van der Waals surface area contributed by atoms with Crippen molar-refractivity contribution in [1.29, 1.82) is 0 Å². The lowest BCUT2D eigenvalue weighted by atomic mass is 9.78. The van der Waals surface area contributed by atoms with E-state index in [0.717, 1.165) is 4.90 Å². The normalized spacial score (nSPS) is 27.6. The first kappa shape index (κ1) is 16.6. The number of likely N-dealkylation sites (tertiary alicyclic amines) is 1. The molecule has 1 rings (SSSR count). The average molecular weight is 297 g/mol.